The first kappa shape index (κ1) is 14.7. The van der Waals surface area contributed by atoms with Crippen molar-refractivity contribution in [2.24, 2.45) is 5.92 Å². The number of rotatable bonds is 6. The number of hydrogen-bond donors (Lipinski definition) is 1. The van der Waals surface area contributed by atoms with E-state index in [0.717, 1.165) is 44.2 Å². The van der Waals surface area contributed by atoms with Gasteiger partial charge in [0.2, 0.25) is 11.7 Å². The highest BCUT2D eigenvalue weighted by atomic mass is 32.1. The third-order valence-corrected chi connectivity index (χ3v) is 4.65. The first-order chi connectivity index (χ1) is 10.3. The number of aromatic nitrogens is 2. The number of nitrogens with one attached hydrogen (secondary N) is 1. The Morgan fingerprint density at radius 3 is 3.19 bits per heavy atom. The van der Waals surface area contributed by atoms with Crippen LogP contribution in [0, 0.1) is 5.92 Å². The van der Waals surface area contributed by atoms with E-state index in [9.17, 15) is 0 Å². The molecule has 0 aliphatic carbocycles. The summed E-state index contributed by atoms with van der Waals surface area (Å²) in [5.41, 5.74) is 1.04. The molecule has 0 saturated carbocycles. The maximum atomic E-state index is 5.40. The van der Waals surface area contributed by atoms with Gasteiger partial charge in [0.1, 0.15) is 0 Å². The molecule has 0 spiro atoms. The van der Waals surface area contributed by atoms with Crippen LogP contribution in [0.4, 0.5) is 0 Å². The van der Waals surface area contributed by atoms with E-state index in [1.54, 1.807) is 11.3 Å². The summed E-state index contributed by atoms with van der Waals surface area (Å²) in [5, 5.41) is 11.6. The molecule has 0 radical (unpaired) electrons. The van der Waals surface area contributed by atoms with Gasteiger partial charge in [-0.3, -0.25) is 4.90 Å². The highest BCUT2D eigenvalue weighted by Gasteiger charge is 2.18. The minimum atomic E-state index is 0.696. The number of thiophene rings is 1. The molecular weight excluding hydrogens is 284 g/mol. The zero-order chi connectivity index (χ0) is 14.5. The van der Waals surface area contributed by atoms with Crippen molar-refractivity contribution in [3.8, 4) is 11.4 Å². The third-order valence-electron chi connectivity index (χ3n) is 3.97. The van der Waals surface area contributed by atoms with Crippen molar-refractivity contribution >= 4 is 11.3 Å². The van der Waals surface area contributed by atoms with Crippen molar-refractivity contribution in [2.45, 2.75) is 26.3 Å². The molecule has 3 rings (SSSR count). The van der Waals surface area contributed by atoms with Gasteiger partial charge in [-0.1, -0.05) is 12.1 Å². The number of piperidine rings is 1. The minimum Gasteiger partial charge on any atom is -0.338 e. The normalized spacial score (nSPS) is 19.2. The van der Waals surface area contributed by atoms with Gasteiger partial charge in [-0.05, 0) is 49.8 Å². The Morgan fingerprint density at radius 2 is 2.48 bits per heavy atom. The van der Waals surface area contributed by atoms with Gasteiger partial charge in [-0.15, -0.1) is 0 Å². The first-order valence-corrected chi connectivity index (χ1v) is 8.57. The van der Waals surface area contributed by atoms with Crippen LogP contribution in [0.25, 0.3) is 11.4 Å². The largest absolute Gasteiger partial charge is 0.338 e. The summed E-state index contributed by atoms with van der Waals surface area (Å²) in [6.07, 6.45) is 2.60. The van der Waals surface area contributed by atoms with Crippen LogP contribution in [-0.4, -0.2) is 41.2 Å². The average Bonchev–Trinajstić information content (AvgIpc) is 3.18. The van der Waals surface area contributed by atoms with Crippen LogP contribution in [0.5, 0.6) is 0 Å². The molecule has 0 amide bonds. The Morgan fingerprint density at radius 1 is 1.52 bits per heavy atom. The van der Waals surface area contributed by atoms with Gasteiger partial charge in [-0.25, -0.2) is 0 Å². The molecule has 1 N–H and O–H groups in total. The Labute approximate surface area is 129 Å². The Hall–Kier alpha value is -1.24. The van der Waals surface area contributed by atoms with E-state index in [1.807, 2.05) is 16.8 Å². The standard InChI is InChI=1S/C15H22N4OS/c1-2-19(9-12-4-3-6-16-8-12)10-14-17-15(18-20-14)13-5-7-21-11-13/h5,7,11-12,16H,2-4,6,8-10H2,1H3. The third kappa shape index (κ3) is 3.90. The molecule has 1 aliphatic rings. The van der Waals surface area contributed by atoms with Gasteiger partial charge in [0.15, 0.2) is 0 Å². The molecule has 3 heterocycles. The molecular formula is C15H22N4OS. The lowest BCUT2D eigenvalue weighted by Crippen LogP contribution is -2.38. The molecule has 0 bridgehead atoms. The van der Waals surface area contributed by atoms with Crippen LogP contribution in [0.1, 0.15) is 25.7 Å². The fraction of sp³-hybridized carbons (Fsp3) is 0.600. The highest BCUT2D eigenvalue weighted by Crippen LogP contribution is 2.19. The van der Waals surface area contributed by atoms with Gasteiger partial charge < -0.3 is 9.84 Å². The summed E-state index contributed by atoms with van der Waals surface area (Å²) in [6, 6.07) is 2.02. The van der Waals surface area contributed by atoms with E-state index in [1.165, 1.54) is 12.8 Å². The van der Waals surface area contributed by atoms with Crippen molar-refractivity contribution in [3.05, 3.63) is 22.7 Å². The molecule has 1 unspecified atom stereocenters. The zero-order valence-electron chi connectivity index (χ0n) is 12.4. The zero-order valence-corrected chi connectivity index (χ0v) is 13.2. The average molecular weight is 306 g/mol. The van der Waals surface area contributed by atoms with Crippen LogP contribution >= 0.6 is 11.3 Å². The second kappa shape index (κ2) is 7.15. The summed E-state index contributed by atoms with van der Waals surface area (Å²) in [4.78, 5) is 6.90. The van der Waals surface area contributed by atoms with Crippen LogP contribution in [0.2, 0.25) is 0 Å². The molecule has 21 heavy (non-hydrogen) atoms. The fourth-order valence-electron chi connectivity index (χ4n) is 2.77. The second-order valence-corrected chi connectivity index (χ2v) is 6.34. The van der Waals surface area contributed by atoms with Crippen molar-refractivity contribution < 1.29 is 4.52 Å². The predicted octanol–water partition coefficient (Wildman–Crippen LogP) is 2.62. The van der Waals surface area contributed by atoms with Crippen LogP contribution < -0.4 is 5.32 Å². The van der Waals surface area contributed by atoms with Gasteiger partial charge >= 0.3 is 0 Å². The summed E-state index contributed by atoms with van der Waals surface area (Å²) < 4.78 is 5.40. The summed E-state index contributed by atoms with van der Waals surface area (Å²) in [6.45, 7) is 7.32. The molecule has 1 fully saturated rings. The Bertz CT molecular complexity index is 534. The lowest BCUT2D eigenvalue weighted by Gasteiger charge is -2.28. The molecule has 6 heteroatoms. The summed E-state index contributed by atoms with van der Waals surface area (Å²) in [5.74, 6) is 2.14. The van der Waals surface area contributed by atoms with Gasteiger partial charge in [-0.2, -0.15) is 16.3 Å². The van der Waals surface area contributed by atoms with Gasteiger partial charge in [0.25, 0.3) is 0 Å². The van der Waals surface area contributed by atoms with E-state index in [4.69, 9.17) is 4.52 Å². The van der Waals surface area contributed by atoms with Crippen molar-refractivity contribution in [1.29, 1.82) is 0 Å². The van der Waals surface area contributed by atoms with E-state index < -0.39 is 0 Å². The molecule has 1 atom stereocenters. The van der Waals surface area contributed by atoms with Crippen LogP contribution in [0.3, 0.4) is 0 Å². The van der Waals surface area contributed by atoms with Crippen molar-refractivity contribution in [1.82, 2.24) is 20.4 Å². The number of nitrogens with zero attached hydrogens (tertiary/aromatic N) is 3. The Balaban J connectivity index is 1.58. The van der Waals surface area contributed by atoms with E-state index in [2.05, 4.69) is 27.3 Å². The number of hydrogen-bond acceptors (Lipinski definition) is 6. The fourth-order valence-corrected chi connectivity index (χ4v) is 3.40. The topological polar surface area (TPSA) is 54.2 Å². The molecule has 1 saturated heterocycles. The lowest BCUT2D eigenvalue weighted by molar-refractivity contribution is 0.187. The van der Waals surface area contributed by atoms with Crippen molar-refractivity contribution in [3.63, 3.8) is 0 Å². The molecule has 5 nitrogen and oxygen atoms in total. The Kier molecular flexibility index (Phi) is 5.00. The second-order valence-electron chi connectivity index (χ2n) is 5.56. The summed E-state index contributed by atoms with van der Waals surface area (Å²) in [7, 11) is 0. The summed E-state index contributed by atoms with van der Waals surface area (Å²) >= 11 is 1.65. The molecule has 1 aliphatic heterocycles. The quantitative estimate of drug-likeness (QED) is 0.889. The molecule has 2 aromatic rings. The maximum Gasteiger partial charge on any atom is 0.241 e. The SMILES string of the molecule is CCN(Cc1nc(-c2ccsc2)no1)CC1CCCNC1. The van der Waals surface area contributed by atoms with Crippen LogP contribution in [0.15, 0.2) is 21.3 Å². The maximum absolute atomic E-state index is 5.40. The highest BCUT2D eigenvalue weighted by molar-refractivity contribution is 7.08. The smallest absolute Gasteiger partial charge is 0.241 e. The van der Waals surface area contributed by atoms with Gasteiger partial charge in [0.05, 0.1) is 6.54 Å². The van der Waals surface area contributed by atoms with E-state index in [0.29, 0.717) is 11.7 Å². The first-order valence-electron chi connectivity index (χ1n) is 7.63. The monoisotopic (exact) mass is 306 g/mol. The minimum absolute atomic E-state index is 0.696. The van der Waals surface area contributed by atoms with E-state index in [-0.39, 0.29) is 0 Å². The lowest BCUT2D eigenvalue weighted by atomic mass is 9.99. The molecule has 114 valence electrons. The molecule has 2 aromatic heterocycles. The predicted molar refractivity (Wildman–Crippen MR) is 84.2 cm³/mol. The molecule has 0 aromatic carbocycles. The van der Waals surface area contributed by atoms with Crippen LogP contribution in [-0.2, 0) is 6.54 Å². The van der Waals surface area contributed by atoms with Crippen molar-refractivity contribution in [2.75, 3.05) is 26.2 Å². The van der Waals surface area contributed by atoms with Gasteiger partial charge in [0, 0.05) is 17.5 Å². The van der Waals surface area contributed by atoms with E-state index >= 15 is 0 Å².